The van der Waals surface area contributed by atoms with E-state index in [1.54, 1.807) is 0 Å². The van der Waals surface area contributed by atoms with Crippen molar-refractivity contribution in [3.8, 4) is 0 Å². The van der Waals surface area contributed by atoms with Crippen molar-refractivity contribution in [3.05, 3.63) is 11.8 Å². The molecular formula is C5H7Cl2O3PS. The van der Waals surface area contributed by atoms with E-state index in [9.17, 15) is 4.79 Å². The first-order valence-corrected chi connectivity index (χ1v) is 7.33. The number of methoxy groups -OCH3 is 1. The topological polar surface area (TPSA) is 35.5 Å². The summed E-state index contributed by atoms with van der Waals surface area (Å²) in [4.78, 5) is 7.83. The Morgan fingerprint density at radius 3 is 2.42 bits per heavy atom. The molecule has 0 aliphatic heterocycles. The lowest BCUT2D eigenvalue weighted by Gasteiger charge is -2.07. The number of hydrogen-bond acceptors (Lipinski definition) is 4. The lowest BCUT2D eigenvalue weighted by Crippen LogP contribution is -1.96. The summed E-state index contributed by atoms with van der Waals surface area (Å²) in [7, 11) is 1.25. The minimum absolute atomic E-state index is 0.246. The van der Waals surface area contributed by atoms with E-state index >= 15 is 0 Å². The van der Waals surface area contributed by atoms with Crippen molar-refractivity contribution < 1.29 is 14.1 Å². The molecule has 0 aliphatic rings. The second kappa shape index (κ2) is 5.07. The third kappa shape index (κ3) is 6.92. The van der Waals surface area contributed by atoms with E-state index in [2.05, 4.69) is 16.5 Å². The Hall–Kier alpha value is 0.240. The fraction of sp³-hybridized carbons (Fsp3) is 0.400. The first-order chi connectivity index (χ1) is 5.35. The van der Waals surface area contributed by atoms with Crippen LogP contribution in [0, 0.1) is 0 Å². The van der Waals surface area contributed by atoms with Crippen molar-refractivity contribution >= 4 is 45.2 Å². The summed E-state index contributed by atoms with van der Waals surface area (Å²) in [6, 6.07) is 0. The fourth-order valence-corrected chi connectivity index (χ4v) is 1.81. The molecule has 0 heterocycles. The first kappa shape index (κ1) is 12.2. The van der Waals surface area contributed by atoms with E-state index in [4.69, 9.17) is 27.0 Å². The van der Waals surface area contributed by atoms with Gasteiger partial charge in [0, 0.05) is 0 Å². The van der Waals surface area contributed by atoms with Gasteiger partial charge in [-0.1, -0.05) is 0 Å². The van der Waals surface area contributed by atoms with Gasteiger partial charge in [0.05, 0.1) is 13.2 Å². The molecule has 0 aromatic rings. The number of rotatable bonds is 3. The van der Waals surface area contributed by atoms with Crippen LogP contribution in [-0.2, 0) is 25.9 Å². The maximum Gasteiger partial charge on any atom is 0.333 e. The molecular weight excluding hydrogens is 242 g/mol. The van der Waals surface area contributed by atoms with Crippen molar-refractivity contribution in [2.75, 3.05) is 7.11 Å². The van der Waals surface area contributed by atoms with Gasteiger partial charge in [-0.2, -0.15) is 0 Å². The molecule has 0 saturated heterocycles. The largest absolute Gasteiger partial charge is 0.466 e. The zero-order chi connectivity index (χ0) is 9.78. The molecule has 3 nitrogen and oxygen atoms in total. The van der Waals surface area contributed by atoms with E-state index < -0.39 is 10.9 Å². The number of carbonyl (C=O) groups excluding carboxylic acids is 1. The quantitative estimate of drug-likeness (QED) is 0.333. The van der Waals surface area contributed by atoms with Gasteiger partial charge in [0.15, 0.2) is 0 Å². The van der Waals surface area contributed by atoms with Gasteiger partial charge in [-0.05, 0) is 41.2 Å². The molecule has 0 bridgehead atoms. The molecule has 0 aromatic heterocycles. The normalized spacial score (nSPS) is 12.5. The lowest BCUT2D eigenvalue weighted by molar-refractivity contribution is -0.135. The standard InChI is InChI=1S/C5H7Cl2O3PS/c1-4(3-5(8)9-2)10-11(6,7)12/h3H,1-2H3. The highest BCUT2D eigenvalue weighted by Crippen LogP contribution is 2.59. The van der Waals surface area contributed by atoms with Crippen LogP contribution in [0.15, 0.2) is 11.8 Å². The minimum Gasteiger partial charge on any atom is -0.466 e. The summed E-state index contributed by atoms with van der Waals surface area (Å²) in [5, 5.41) is 0. The van der Waals surface area contributed by atoms with Gasteiger partial charge in [0.1, 0.15) is 5.76 Å². The van der Waals surface area contributed by atoms with Crippen LogP contribution in [0.5, 0.6) is 0 Å². The van der Waals surface area contributed by atoms with Gasteiger partial charge < -0.3 is 9.26 Å². The summed E-state index contributed by atoms with van der Waals surface area (Å²) >= 11 is 15.4. The highest BCUT2D eigenvalue weighted by molar-refractivity contribution is 8.36. The van der Waals surface area contributed by atoms with Crippen LogP contribution in [0.3, 0.4) is 0 Å². The molecule has 0 fully saturated rings. The van der Waals surface area contributed by atoms with E-state index in [1.165, 1.54) is 14.0 Å². The smallest absolute Gasteiger partial charge is 0.333 e. The SMILES string of the molecule is COC(=O)C=C(C)OP(=S)(Cl)Cl. The second-order valence-electron chi connectivity index (χ2n) is 1.78. The van der Waals surface area contributed by atoms with Crippen molar-refractivity contribution in [2.24, 2.45) is 0 Å². The molecule has 0 aromatic carbocycles. The molecule has 12 heavy (non-hydrogen) atoms. The second-order valence-corrected chi connectivity index (χ2v) is 8.92. The zero-order valence-electron chi connectivity index (χ0n) is 6.41. The van der Waals surface area contributed by atoms with Crippen LogP contribution < -0.4 is 0 Å². The van der Waals surface area contributed by atoms with Crippen LogP contribution >= 0.6 is 27.5 Å². The molecule has 7 heteroatoms. The maximum absolute atomic E-state index is 10.6. The summed E-state index contributed by atoms with van der Waals surface area (Å²) in [5.74, 6) is -0.292. The number of allylic oxidation sites excluding steroid dienone is 1. The monoisotopic (exact) mass is 248 g/mol. The Bertz CT molecular complexity index is 247. The molecule has 0 N–H and O–H groups in total. The van der Waals surface area contributed by atoms with E-state index in [0.29, 0.717) is 0 Å². The molecule has 0 rings (SSSR count). The van der Waals surface area contributed by atoms with Crippen LogP contribution in [0.1, 0.15) is 6.92 Å². The zero-order valence-corrected chi connectivity index (χ0v) is 9.64. The van der Waals surface area contributed by atoms with Gasteiger partial charge in [0.2, 0.25) is 0 Å². The van der Waals surface area contributed by atoms with E-state index in [-0.39, 0.29) is 5.76 Å². The fourth-order valence-electron chi connectivity index (χ4n) is 0.419. The molecule has 0 atom stereocenters. The number of esters is 1. The van der Waals surface area contributed by atoms with Crippen molar-refractivity contribution in [1.82, 2.24) is 0 Å². The Morgan fingerprint density at radius 1 is 1.58 bits per heavy atom. The molecule has 0 saturated carbocycles. The average Bonchev–Trinajstić information content (AvgIpc) is 1.82. The van der Waals surface area contributed by atoms with Crippen molar-refractivity contribution in [3.63, 3.8) is 0 Å². The van der Waals surface area contributed by atoms with Gasteiger partial charge >= 0.3 is 5.97 Å². The summed E-state index contributed by atoms with van der Waals surface area (Å²) in [5.41, 5.74) is 0. The first-order valence-electron chi connectivity index (χ1n) is 2.80. The van der Waals surface area contributed by atoms with E-state index in [0.717, 1.165) is 6.08 Å². The third-order valence-electron chi connectivity index (χ3n) is 0.773. The Kier molecular flexibility index (Phi) is 5.18. The summed E-state index contributed by atoms with van der Waals surface area (Å²) in [6.07, 6.45) is 1.12. The van der Waals surface area contributed by atoms with Crippen LogP contribution in [-0.4, -0.2) is 13.1 Å². The Labute approximate surface area is 85.3 Å². The minimum atomic E-state index is -2.79. The van der Waals surface area contributed by atoms with Gasteiger partial charge in [0.25, 0.3) is 4.97 Å². The van der Waals surface area contributed by atoms with Crippen molar-refractivity contribution in [1.29, 1.82) is 0 Å². The number of hydrogen-bond donors (Lipinski definition) is 0. The summed E-state index contributed by atoms with van der Waals surface area (Å²) < 4.78 is 9.16. The van der Waals surface area contributed by atoms with Gasteiger partial charge in [-0.25, -0.2) is 4.79 Å². The predicted molar refractivity (Wildman–Crippen MR) is 52.8 cm³/mol. The van der Waals surface area contributed by atoms with Crippen LogP contribution in [0.2, 0.25) is 0 Å². The molecule has 0 unspecified atom stereocenters. The molecule has 0 spiro atoms. The highest BCUT2D eigenvalue weighted by atomic mass is 35.9. The third-order valence-corrected chi connectivity index (χ3v) is 1.91. The molecule has 70 valence electrons. The molecule has 0 amide bonds. The average molecular weight is 249 g/mol. The molecule has 0 radical (unpaired) electrons. The van der Waals surface area contributed by atoms with Gasteiger partial charge in [-0.15, -0.1) is 0 Å². The number of carbonyl (C=O) groups is 1. The molecule has 0 aliphatic carbocycles. The highest BCUT2D eigenvalue weighted by Gasteiger charge is 2.10. The number of ether oxygens (including phenoxy) is 1. The maximum atomic E-state index is 10.6. The van der Waals surface area contributed by atoms with Crippen molar-refractivity contribution in [2.45, 2.75) is 6.92 Å². The van der Waals surface area contributed by atoms with Crippen LogP contribution in [0.4, 0.5) is 0 Å². The Balaban J connectivity index is 4.22. The predicted octanol–water partition coefficient (Wildman–Crippen LogP) is 2.78. The number of halogens is 2. The lowest BCUT2D eigenvalue weighted by atomic mass is 10.5. The van der Waals surface area contributed by atoms with Gasteiger partial charge in [-0.3, -0.25) is 0 Å². The van der Waals surface area contributed by atoms with Crippen LogP contribution in [0.25, 0.3) is 0 Å². The van der Waals surface area contributed by atoms with E-state index in [1.807, 2.05) is 0 Å². The summed E-state index contributed by atoms with van der Waals surface area (Å²) in [6.45, 7) is 1.52. The Morgan fingerprint density at radius 2 is 2.08 bits per heavy atom.